The number of aromatic nitrogens is 4. The van der Waals surface area contributed by atoms with E-state index >= 15 is 0 Å². The molecule has 0 aliphatic carbocycles. The van der Waals surface area contributed by atoms with Crippen LogP contribution < -0.4 is 0 Å². The van der Waals surface area contributed by atoms with E-state index in [0.29, 0.717) is 11.6 Å². The Labute approximate surface area is 276 Å². The molecule has 0 aliphatic rings. The van der Waals surface area contributed by atoms with E-state index in [2.05, 4.69) is 133 Å². The van der Waals surface area contributed by atoms with E-state index < -0.39 is 0 Å². The Kier molecular flexibility index (Phi) is 5.84. The topological polar surface area (TPSA) is 51.6 Å². The second-order valence-electron chi connectivity index (χ2n) is 12.4. The van der Waals surface area contributed by atoms with E-state index in [4.69, 9.17) is 19.9 Å². The van der Waals surface area contributed by atoms with Crippen molar-refractivity contribution in [1.82, 2.24) is 19.9 Å². The summed E-state index contributed by atoms with van der Waals surface area (Å²) in [6.45, 7) is 0. The molecule has 10 aromatic rings. The standard InChI is InChI=1S/C44H26N4/c1-3-11-35-27(7-1)15-17-31-19-29-9-5-13-37(39(29)21-41(31)35)33-23-45-43(46-24-33)44-47-25-34(26-48-44)38-14-6-10-30-20-32-18-16-28-8-2-4-12-36(28)42(32)22-40(30)38/h1-26H. The van der Waals surface area contributed by atoms with E-state index in [9.17, 15) is 0 Å². The summed E-state index contributed by atoms with van der Waals surface area (Å²) in [5.41, 5.74) is 4.11. The number of fused-ring (bicyclic) bond motifs is 8. The van der Waals surface area contributed by atoms with Crippen molar-refractivity contribution in [3.05, 3.63) is 158 Å². The van der Waals surface area contributed by atoms with Crippen LogP contribution in [0.2, 0.25) is 0 Å². The van der Waals surface area contributed by atoms with Gasteiger partial charge < -0.3 is 0 Å². The monoisotopic (exact) mass is 610 g/mol. The number of nitrogens with zero attached hydrogens (tertiary/aromatic N) is 4. The van der Waals surface area contributed by atoms with Gasteiger partial charge in [-0.15, -0.1) is 0 Å². The van der Waals surface area contributed by atoms with Crippen molar-refractivity contribution in [2.24, 2.45) is 0 Å². The summed E-state index contributed by atoms with van der Waals surface area (Å²) in [7, 11) is 0. The molecule has 2 heterocycles. The normalized spacial score (nSPS) is 11.8. The molecule has 48 heavy (non-hydrogen) atoms. The first-order valence-corrected chi connectivity index (χ1v) is 16.1. The summed E-state index contributed by atoms with van der Waals surface area (Å²) in [4.78, 5) is 18.9. The summed E-state index contributed by atoms with van der Waals surface area (Å²) in [6, 6.07) is 47.8. The molecule has 0 radical (unpaired) electrons. The lowest BCUT2D eigenvalue weighted by Gasteiger charge is -2.11. The number of benzene rings is 8. The molecule has 0 amide bonds. The zero-order valence-corrected chi connectivity index (χ0v) is 25.8. The van der Waals surface area contributed by atoms with Crippen LogP contribution in [0.4, 0.5) is 0 Å². The molecule has 222 valence electrons. The van der Waals surface area contributed by atoms with Crippen molar-refractivity contribution in [2.75, 3.05) is 0 Å². The second-order valence-corrected chi connectivity index (χ2v) is 12.4. The molecule has 0 N–H and O–H groups in total. The molecular weight excluding hydrogens is 585 g/mol. The van der Waals surface area contributed by atoms with Gasteiger partial charge in [-0.05, 0) is 100 Å². The molecule has 4 heteroatoms. The van der Waals surface area contributed by atoms with Crippen molar-refractivity contribution < 1.29 is 0 Å². The van der Waals surface area contributed by atoms with Gasteiger partial charge in [0.2, 0.25) is 0 Å². The van der Waals surface area contributed by atoms with Gasteiger partial charge in [-0.2, -0.15) is 0 Å². The largest absolute Gasteiger partial charge is 0.233 e. The minimum Gasteiger partial charge on any atom is -0.233 e. The van der Waals surface area contributed by atoms with E-state index in [1.807, 2.05) is 24.8 Å². The molecule has 8 aromatic carbocycles. The summed E-state index contributed by atoms with van der Waals surface area (Å²) < 4.78 is 0. The molecule has 0 spiro atoms. The van der Waals surface area contributed by atoms with Gasteiger partial charge in [0.15, 0.2) is 11.6 Å². The third-order valence-electron chi connectivity index (χ3n) is 9.61. The molecular formula is C44H26N4. The van der Waals surface area contributed by atoms with Gasteiger partial charge in [-0.1, -0.05) is 109 Å². The maximum Gasteiger partial charge on any atom is 0.197 e. The third kappa shape index (κ3) is 4.24. The second kappa shape index (κ2) is 10.5. The van der Waals surface area contributed by atoms with E-state index in [0.717, 1.165) is 22.3 Å². The predicted molar refractivity (Wildman–Crippen MR) is 199 cm³/mol. The molecule has 0 aliphatic heterocycles. The van der Waals surface area contributed by atoms with Gasteiger partial charge >= 0.3 is 0 Å². The minimum absolute atomic E-state index is 0.498. The van der Waals surface area contributed by atoms with Crippen molar-refractivity contribution in [2.45, 2.75) is 0 Å². The molecule has 10 rings (SSSR count). The maximum atomic E-state index is 4.72. The smallest absolute Gasteiger partial charge is 0.197 e. The molecule has 0 fully saturated rings. The average Bonchev–Trinajstić information content (AvgIpc) is 3.16. The van der Waals surface area contributed by atoms with Crippen molar-refractivity contribution in [3.8, 4) is 33.9 Å². The van der Waals surface area contributed by atoms with Gasteiger partial charge in [0.1, 0.15) is 0 Å². The zero-order valence-electron chi connectivity index (χ0n) is 25.8. The predicted octanol–water partition coefficient (Wildman–Crippen LogP) is 11.2. The van der Waals surface area contributed by atoms with Crippen LogP contribution in [-0.2, 0) is 0 Å². The van der Waals surface area contributed by atoms with Gasteiger partial charge in [-0.25, -0.2) is 19.9 Å². The summed E-state index contributed by atoms with van der Waals surface area (Å²) in [5.74, 6) is 0.995. The van der Waals surface area contributed by atoms with Crippen LogP contribution in [-0.4, -0.2) is 19.9 Å². The first kappa shape index (κ1) is 26.7. The fourth-order valence-corrected chi connectivity index (χ4v) is 7.23. The maximum absolute atomic E-state index is 4.72. The lowest BCUT2D eigenvalue weighted by molar-refractivity contribution is 1.08. The van der Waals surface area contributed by atoms with Crippen LogP contribution in [0.25, 0.3) is 98.5 Å². The first-order chi connectivity index (χ1) is 23.8. The molecule has 0 saturated carbocycles. The lowest BCUT2D eigenvalue weighted by atomic mass is 9.94. The minimum atomic E-state index is 0.498. The van der Waals surface area contributed by atoms with Gasteiger partial charge in [0, 0.05) is 35.9 Å². The van der Waals surface area contributed by atoms with Crippen LogP contribution in [0, 0.1) is 0 Å². The SMILES string of the molecule is c1cc(-c2cnc(-c3ncc(-c4cccc5cc6ccc7ccccc7c6cc45)cn3)nc2)c2cc3c(ccc4ccccc43)cc2c1. The fraction of sp³-hybridized carbons (Fsp3) is 0. The molecule has 2 aromatic heterocycles. The molecule has 0 unspecified atom stereocenters. The van der Waals surface area contributed by atoms with Gasteiger partial charge in [-0.3, -0.25) is 0 Å². The fourth-order valence-electron chi connectivity index (χ4n) is 7.23. The zero-order chi connectivity index (χ0) is 31.6. The molecule has 0 atom stereocenters. The van der Waals surface area contributed by atoms with Crippen molar-refractivity contribution in [3.63, 3.8) is 0 Å². The Hall–Kier alpha value is -6.52. The Morgan fingerprint density at radius 2 is 0.646 bits per heavy atom. The van der Waals surface area contributed by atoms with Crippen LogP contribution >= 0.6 is 0 Å². The lowest BCUT2D eigenvalue weighted by Crippen LogP contribution is -1.96. The van der Waals surface area contributed by atoms with Crippen molar-refractivity contribution in [1.29, 1.82) is 0 Å². The quantitative estimate of drug-likeness (QED) is 0.147. The van der Waals surface area contributed by atoms with Gasteiger partial charge in [0.25, 0.3) is 0 Å². The molecule has 0 saturated heterocycles. The van der Waals surface area contributed by atoms with E-state index in [-0.39, 0.29) is 0 Å². The Morgan fingerprint density at radius 3 is 1.10 bits per heavy atom. The number of rotatable bonds is 3. The highest BCUT2D eigenvalue weighted by Crippen LogP contribution is 2.36. The highest BCUT2D eigenvalue weighted by molar-refractivity contribution is 6.15. The summed E-state index contributed by atoms with van der Waals surface area (Å²) >= 11 is 0. The number of hydrogen-bond donors (Lipinski definition) is 0. The van der Waals surface area contributed by atoms with Crippen LogP contribution in [0.15, 0.2) is 158 Å². The Balaban J connectivity index is 1.01. The number of hydrogen-bond acceptors (Lipinski definition) is 4. The molecule has 0 bridgehead atoms. The van der Waals surface area contributed by atoms with Crippen LogP contribution in [0.1, 0.15) is 0 Å². The average molecular weight is 611 g/mol. The third-order valence-corrected chi connectivity index (χ3v) is 9.61. The van der Waals surface area contributed by atoms with E-state index in [1.54, 1.807) is 0 Å². The highest BCUT2D eigenvalue weighted by atomic mass is 15.0. The van der Waals surface area contributed by atoms with E-state index in [1.165, 1.54) is 64.6 Å². The molecule has 4 nitrogen and oxygen atoms in total. The highest BCUT2D eigenvalue weighted by Gasteiger charge is 2.13. The van der Waals surface area contributed by atoms with Crippen LogP contribution in [0.3, 0.4) is 0 Å². The van der Waals surface area contributed by atoms with Gasteiger partial charge in [0.05, 0.1) is 0 Å². The van der Waals surface area contributed by atoms with Crippen LogP contribution in [0.5, 0.6) is 0 Å². The summed E-state index contributed by atoms with van der Waals surface area (Å²) in [6.07, 6.45) is 7.51. The first-order valence-electron chi connectivity index (χ1n) is 16.1. The Morgan fingerprint density at radius 1 is 0.271 bits per heavy atom. The Bertz CT molecular complexity index is 2680. The van der Waals surface area contributed by atoms with Crippen molar-refractivity contribution >= 4 is 64.6 Å². The summed E-state index contributed by atoms with van der Waals surface area (Å²) in [5, 5.41) is 14.7.